The molecule has 3 rings (SSSR count). The van der Waals surface area contributed by atoms with Gasteiger partial charge in [-0.2, -0.15) is 0 Å². The van der Waals surface area contributed by atoms with Crippen LogP contribution in [-0.2, 0) is 6.54 Å². The fourth-order valence-corrected chi connectivity index (χ4v) is 4.37. The number of piperidine rings is 1. The van der Waals surface area contributed by atoms with E-state index in [-0.39, 0.29) is 5.82 Å². The standard InChI is InChI=1S/C16H21BrFN/c17-14-8-12(9-15(18)10-14)11-19-7-3-5-13-4-1-2-6-16(13)19/h8-10,13,16H,1-7,11H2/t13-,16-/m1/s1. The van der Waals surface area contributed by atoms with Crippen LogP contribution >= 0.6 is 15.9 Å². The van der Waals surface area contributed by atoms with Gasteiger partial charge in [0.2, 0.25) is 0 Å². The summed E-state index contributed by atoms with van der Waals surface area (Å²) in [6.07, 6.45) is 8.20. The predicted molar refractivity (Wildman–Crippen MR) is 79.5 cm³/mol. The fraction of sp³-hybridized carbons (Fsp3) is 0.625. The molecule has 1 nitrogen and oxygen atoms in total. The van der Waals surface area contributed by atoms with Crippen LogP contribution in [0.2, 0.25) is 0 Å². The van der Waals surface area contributed by atoms with Crippen molar-refractivity contribution < 1.29 is 4.39 Å². The van der Waals surface area contributed by atoms with Crippen LogP contribution in [0.4, 0.5) is 4.39 Å². The molecule has 2 fully saturated rings. The van der Waals surface area contributed by atoms with Crippen molar-refractivity contribution in [3.63, 3.8) is 0 Å². The Labute approximate surface area is 123 Å². The number of nitrogens with zero attached hydrogens (tertiary/aromatic N) is 1. The predicted octanol–water partition coefficient (Wildman–Crippen LogP) is 4.74. The minimum absolute atomic E-state index is 0.137. The number of likely N-dealkylation sites (tertiary alicyclic amines) is 1. The summed E-state index contributed by atoms with van der Waals surface area (Å²) in [5.74, 6) is 0.751. The maximum atomic E-state index is 13.5. The van der Waals surface area contributed by atoms with Gasteiger partial charge in [0.25, 0.3) is 0 Å². The zero-order valence-corrected chi connectivity index (χ0v) is 12.8. The van der Waals surface area contributed by atoms with Crippen molar-refractivity contribution in [2.24, 2.45) is 5.92 Å². The van der Waals surface area contributed by atoms with Crippen LogP contribution in [-0.4, -0.2) is 17.5 Å². The summed E-state index contributed by atoms with van der Waals surface area (Å²) in [7, 11) is 0. The Bertz CT molecular complexity index is 426. The molecule has 0 radical (unpaired) electrons. The molecule has 1 heterocycles. The lowest BCUT2D eigenvalue weighted by molar-refractivity contribution is 0.0546. The summed E-state index contributed by atoms with van der Waals surface area (Å²) < 4.78 is 14.3. The smallest absolute Gasteiger partial charge is 0.124 e. The second kappa shape index (κ2) is 5.92. The average molecular weight is 326 g/mol. The highest BCUT2D eigenvalue weighted by Crippen LogP contribution is 2.36. The first-order chi connectivity index (χ1) is 9.22. The molecule has 0 spiro atoms. The molecule has 0 unspecified atom stereocenters. The molecule has 104 valence electrons. The third-order valence-electron chi connectivity index (χ3n) is 4.67. The SMILES string of the molecule is Fc1cc(Br)cc(CN2CCC[C@H]3CCCC[C@H]32)c1. The van der Waals surface area contributed by atoms with Gasteiger partial charge in [0, 0.05) is 17.1 Å². The quantitative estimate of drug-likeness (QED) is 0.758. The van der Waals surface area contributed by atoms with E-state index in [1.165, 1.54) is 51.1 Å². The summed E-state index contributed by atoms with van der Waals surface area (Å²) >= 11 is 3.39. The van der Waals surface area contributed by atoms with Gasteiger partial charge < -0.3 is 0 Å². The highest BCUT2D eigenvalue weighted by atomic mass is 79.9. The van der Waals surface area contributed by atoms with E-state index >= 15 is 0 Å². The van der Waals surface area contributed by atoms with Gasteiger partial charge in [0.15, 0.2) is 0 Å². The largest absolute Gasteiger partial charge is 0.296 e. The van der Waals surface area contributed by atoms with Crippen molar-refractivity contribution in [2.75, 3.05) is 6.54 Å². The Morgan fingerprint density at radius 2 is 1.89 bits per heavy atom. The highest BCUT2D eigenvalue weighted by Gasteiger charge is 2.32. The van der Waals surface area contributed by atoms with Gasteiger partial charge in [0.05, 0.1) is 0 Å². The minimum Gasteiger partial charge on any atom is -0.296 e. The van der Waals surface area contributed by atoms with Crippen LogP contribution in [0.15, 0.2) is 22.7 Å². The first-order valence-corrected chi connectivity index (χ1v) is 8.21. The fourth-order valence-electron chi connectivity index (χ4n) is 3.86. The van der Waals surface area contributed by atoms with Crippen molar-refractivity contribution in [3.8, 4) is 0 Å². The molecule has 1 saturated carbocycles. The summed E-state index contributed by atoms with van der Waals surface area (Å²) in [6.45, 7) is 2.08. The molecule has 3 heteroatoms. The first kappa shape index (κ1) is 13.6. The maximum absolute atomic E-state index is 13.5. The monoisotopic (exact) mass is 325 g/mol. The van der Waals surface area contributed by atoms with E-state index in [2.05, 4.69) is 26.9 Å². The van der Waals surface area contributed by atoms with Crippen LogP contribution in [0.25, 0.3) is 0 Å². The molecule has 1 aromatic rings. The lowest BCUT2D eigenvalue weighted by Gasteiger charge is -2.44. The highest BCUT2D eigenvalue weighted by molar-refractivity contribution is 9.10. The van der Waals surface area contributed by atoms with Crippen molar-refractivity contribution in [1.82, 2.24) is 4.90 Å². The Hall–Kier alpha value is -0.410. The lowest BCUT2D eigenvalue weighted by Crippen LogP contribution is -2.46. The molecule has 2 atom stereocenters. The zero-order chi connectivity index (χ0) is 13.2. The average Bonchev–Trinajstić information content (AvgIpc) is 2.38. The van der Waals surface area contributed by atoms with Gasteiger partial charge in [-0.25, -0.2) is 4.39 Å². The van der Waals surface area contributed by atoms with E-state index < -0.39 is 0 Å². The summed E-state index contributed by atoms with van der Waals surface area (Å²) in [4.78, 5) is 2.59. The number of rotatable bonds is 2. The Morgan fingerprint density at radius 3 is 2.74 bits per heavy atom. The molecule has 0 N–H and O–H groups in total. The maximum Gasteiger partial charge on any atom is 0.124 e. The number of benzene rings is 1. The Balaban J connectivity index is 1.74. The number of hydrogen-bond acceptors (Lipinski definition) is 1. The van der Waals surface area contributed by atoms with E-state index in [4.69, 9.17) is 0 Å². The summed E-state index contributed by atoms with van der Waals surface area (Å²) in [5.41, 5.74) is 1.10. The molecular weight excluding hydrogens is 305 g/mol. The molecule has 1 aliphatic carbocycles. The van der Waals surface area contributed by atoms with Crippen molar-refractivity contribution in [2.45, 2.75) is 51.1 Å². The van der Waals surface area contributed by atoms with E-state index in [0.29, 0.717) is 0 Å². The molecule has 1 aliphatic heterocycles. The van der Waals surface area contributed by atoms with Gasteiger partial charge in [-0.1, -0.05) is 28.8 Å². The van der Waals surface area contributed by atoms with Crippen molar-refractivity contribution in [1.29, 1.82) is 0 Å². The van der Waals surface area contributed by atoms with E-state index in [1.807, 2.05) is 0 Å². The Kier molecular flexibility index (Phi) is 4.23. The van der Waals surface area contributed by atoms with E-state index in [0.717, 1.165) is 28.5 Å². The molecule has 0 aromatic heterocycles. The third-order valence-corrected chi connectivity index (χ3v) is 5.12. The topological polar surface area (TPSA) is 3.24 Å². The van der Waals surface area contributed by atoms with Crippen LogP contribution in [0.5, 0.6) is 0 Å². The summed E-state index contributed by atoms with van der Waals surface area (Å²) in [5, 5.41) is 0. The summed E-state index contributed by atoms with van der Waals surface area (Å²) in [6, 6.07) is 6.00. The molecule has 1 aromatic carbocycles. The first-order valence-electron chi connectivity index (χ1n) is 7.41. The number of hydrogen-bond donors (Lipinski definition) is 0. The van der Waals surface area contributed by atoms with Crippen LogP contribution in [0.3, 0.4) is 0 Å². The normalized spacial score (nSPS) is 28.1. The van der Waals surface area contributed by atoms with Gasteiger partial charge >= 0.3 is 0 Å². The van der Waals surface area contributed by atoms with Crippen LogP contribution < -0.4 is 0 Å². The molecule has 1 saturated heterocycles. The molecule has 19 heavy (non-hydrogen) atoms. The molecule has 0 bridgehead atoms. The second-order valence-electron chi connectivity index (χ2n) is 6.00. The van der Waals surface area contributed by atoms with Gasteiger partial charge in [0.1, 0.15) is 5.82 Å². The lowest BCUT2D eigenvalue weighted by atomic mass is 9.78. The van der Waals surface area contributed by atoms with Crippen molar-refractivity contribution >= 4 is 15.9 Å². The minimum atomic E-state index is -0.137. The van der Waals surface area contributed by atoms with E-state index in [1.54, 1.807) is 6.07 Å². The second-order valence-corrected chi connectivity index (χ2v) is 6.92. The molecule has 2 aliphatic rings. The number of fused-ring (bicyclic) bond motifs is 1. The van der Waals surface area contributed by atoms with Crippen LogP contribution in [0, 0.1) is 11.7 Å². The number of halogens is 2. The van der Waals surface area contributed by atoms with E-state index in [9.17, 15) is 4.39 Å². The Morgan fingerprint density at radius 1 is 1.11 bits per heavy atom. The molecule has 0 amide bonds. The van der Waals surface area contributed by atoms with Gasteiger partial charge in [-0.05, 0) is 61.9 Å². The van der Waals surface area contributed by atoms with Gasteiger partial charge in [-0.15, -0.1) is 0 Å². The third kappa shape index (κ3) is 3.19. The molecular formula is C16H21BrFN. The van der Waals surface area contributed by atoms with Crippen molar-refractivity contribution in [3.05, 3.63) is 34.1 Å². The zero-order valence-electron chi connectivity index (χ0n) is 11.2. The van der Waals surface area contributed by atoms with Gasteiger partial charge in [-0.3, -0.25) is 4.90 Å². The van der Waals surface area contributed by atoms with Crippen LogP contribution in [0.1, 0.15) is 44.1 Å².